The maximum Gasteiger partial charge on any atom is 0.326 e. The lowest BCUT2D eigenvalue weighted by atomic mass is 10.2. The van der Waals surface area contributed by atoms with Gasteiger partial charge in [0, 0.05) is 13.1 Å². The Bertz CT molecular complexity index is 329. The molecule has 2 saturated heterocycles. The predicted octanol–water partition coefficient (Wildman–Crippen LogP) is 0.731. The lowest BCUT2D eigenvalue weighted by Gasteiger charge is -2.22. The highest BCUT2D eigenvalue weighted by atomic mass is 16.4. The molecule has 0 aromatic rings. The van der Waals surface area contributed by atoms with Gasteiger partial charge in [0.1, 0.15) is 6.04 Å². The number of nitrogens with zero attached hydrogens (tertiary/aromatic N) is 2. The molecule has 0 aromatic carbocycles. The van der Waals surface area contributed by atoms with Crippen LogP contribution in [0.1, 0.15) is 32.1 Å². The molecule has 19 heavy (non-hydrogen) atoms. The van der Waals surface area contributed by atoms with Gasteiger partial charge in [-0.3, -0.25) is 0 Å². The molecule has 2 aliphatic rings. The minimum Gasteiger partial charge on any atom is -0.480 e. The molecule has 108 valence electrons. The number of carboxylic acid groups (broad SMARTS) is 1. The number of hydrogen-bond acceptors (Lipinski definition) is 3. The van der Waals surface area contributed by atoms with E-state index in [9.17, 15) is 9.59 Å². The highest BCUT2D eigenvalue weighted by molar-refractivity contribution is 5.83. The van der Waals surface area contributed by atoms with Crippen molar-refractivity contribution in [2.45, 2.75) is 38.1 Å². The van der Waals surface area contributed by atoms with Crippen LogP contribution in [0.4, 0.5) is 4.79 Å². The van der Waals surface area contributed by atoms with Crippen molar-refractivity contribution in [1.29, 1.82) is 0 Å². The molecule has 2 heterocycles. The van der Waals surface area contributed by atoms with Gasteiger partial charge in [0.15, 0.2) is 0 Å². The first kappa shape index (κ1) is 14.1. The van der Waals surface area contributed by atoms with Crippen LogP contribution in [0.15, 0.2) is 0 Å². The SMILES string of the molecule is O=C(O)C1CCCN1C(=O)NCCCN1CCCC1. The first-order valence-corrected chi connectivity index (χ1v) is 7.18. The lowest BCUT2D eigenvalue weighted by molar-refractivity contribution is -0.141. The fourth-order valence-corrected chi connectivity index (χ4v) is 2.87. The second-order valence-corrected chi connectivity index (χ2v) is 5.32. The van der Waals surface area contributed by atoms with Crippen LogP contribution in [0.5, 0.6) is 0 Å². The minimum atomic E-state index is -0.898. The molecule has 0 aromatic heterocycles. The maximum absolute atomic E-state index is 11.9. The van der Waals surface area contributed by atoms with E-state index < -0.39 is 12.0 Å². The molecule has 0 aliphatic carbocycles. The molecule has 0 bridgehead atoms. The summed E-state index contributed by atoms with van der Waals surface area (Å²) in [5.41, 5.74) is 0. The highest BCUT2D eigenvalue weighted by Crippen LogP contribution is 2.17. The third-order valence-corrected chi connectivity index (χ3v) is 3.92. The molecule has 6 nitrogen and oxygen atoms in total. The van der Waals surface area contributed by atoms with E-state index in [-0.39, 0.29) is 6.03 Å². The Morgan fingerprint density at radius 2 is 1.89 bits per heavy atom. The van der Waals surface area contributed by atoms with Crippen molar-refractivity contribution >= 4 is 12.0 Å². The molecule has 6 heteroatoms. The fraction of sp³-hybridized carbons (Fsp3) is 0.846. The summed E-state index contributed by atoms with van der Waals surface area (Å²) in [6.07, 6.45) is 4.83. The zero-order valence-electron chi connectivity index (χ0n) is 11.3. The number of carboxylic acids is 1. The number of likely N-dealkylation sites (tertiary alicyclic amines) is 2. The van der Waals surface area contributed by atoms with E-state index >= 15 is 0 Å². The number of nitrogens with one attached hydrogen (secondary N) is 1. The molecular weight excluding hydrogens is 246 g/mol. The smallest absolute Gasteiger partial charge is 0.326 e. The molecule has 2 amide bonds. The van der Waals surface area contributed by atoms with E-state index in [1.807, 2.05) is 0 Å². The van der Waals surface area contributed by atoms with E-state index in [0.717, 1.165) is 19.4 Å². The maximum atomic E-state index is 11.9. The van der Waals surface area contributed by atoms with Gasteiger partial charge in [-0.15, -0.1) is 0 Å². The first-order valence-electron chi connectivity index (χ1n) is 7.18. The minimum absolute atomic E-state index is 0.230. The van der Waals surface area contributed by atoms with Gasteiger partial charge in [-0.05, 0) is 51.7 Å². The number of carbonyl (C=O) groups excluding carboxylic acids is 1. The monoisotopic (exact) mass is 269 g/mol. The summed E-state index contributed by atoms with van der Waals surface area (Å²) in [6, 6.07) is -0.870. The Kier molecular flexibility index (Phi) is 5.01. The molecule has 0 spiro atoms. The van der Waals surface area contributed by atoms with Crippen LogP contribution < -0.4 is 5.32 Å². The number of hydrogen-bond donors (Lipinski definition) is 2. The number of aliphatic carboxylic acids is 1. The molecule has 2 rings (SSSR count). The molecule has 2 fully saturated rings. The summed E-state index contributed by atoms with van der Waals surface area (Å²) >= 11 is 0. The molecular formula is C13H23N3O3. The Balaban J connectivity index is 1.64. The highest BCUT2D eigenvalue weighted by Gasteiger charge is 2.33. The normalized spacial score (nSPS) is 23.8. The van der Waals surface area contributed by atoms with Crippen LogP contribution in [0.25, 0.3) is 0 Å². The Morgan fingerprint density at radius 3 is 2.58 bits per heavy atom. The van der Waals surface area contributed by atoms with E-state index in [4.69, 9.17) is 5.11 Å². The van der Waals surface area contributed by atoms with E-state index in [2.05, 4.69) is 10.2 Å². The van der Waals surface area contributed by atoms with E-state index in [1.165, 1.54) is 30.8 Å². The van der Waals surface area contributed by atoms with Crippen molar-refractivity contribution in [2.75, 3.05) is 32.7 Å². The van der Waals surface area contributed by atoms with Crippen LogP contribution in [0, 0.1) is 0 Å². The summed E-state index contributed by atoms with van der Waals surface area (Å²) in [5, 5.41) is 11.8. The van der Waals surface area contributed by atoms with Crippen LogP contribution in [-0.2, 0) is 4.79 Å². The average Bonchev–Trinajstić information content (AvgIpc) is 3.04. The van der Waals surface area contributed by atoms with Gasteiger partial charge in [-0.2, -0.15) is 0 Å². The second kappa shape index (κ2) is 6.75. The van der Waals surface area contributed by atoms with Crippen molar-refractivity contribution < 1.29 is 14.7 Å². The van der Waals surface area contributed by atoms with Crippen LogP contribution in [0.2, 0.25) is 0 Å². The third-order valence-electron chi connectivity index (χ3n) is 3.92. The predicted molar refractivity (Wildman–Crippen MR) is 71.1 cm³/mol. The summed E-state index contributed by atoms with van der Waals surface area (Å²) in [6.45, 7) is 4.53. The number of carbonyl (C=O) groups is 2. The van der Waals surface area contributed by atoms with Gasteiger partial charge >= 0.3 is 12.0 Å². The zero-order valence-corrected chi connectivity index (χ0v) is 11.3. The van der Waals surface area contributed by atoms with Crippen LogP contribution in [0.3, 0.4) is 0 Å². The first-order chi connectivity index (χ1) is 9.18. The number of urea groups is 1. The van der Waals surface area contributed by atoms with Crippen molar-refractivity contribution in [3.8, 4) is 0 Å². The number of rotatable bonds is 5. The largest absolute Gasteiger partial charge is 0.480 e. The van der Waals surface area contributed by atoms with Gasteiger partial charge in [0.05, 0.1) is 0 Å². The van der Waals surface area contributed by atoms with Crippen LogP contribution in [-0.4, -0.2) is 65.7 Å². The zero-order chi connectivity index (χ0) is 13.7. The fourth-order valence-electron chi connectivity index (χ4n) is 2.87. The lowest BCUT2D eigenvalue weighted by Crippen LogP contribution is -2.46. The van der Waals surface area contributed by atoms with Gasteiger partial charge in [0.25, 0.3) is 0 Å². The topological polar surface area (TPSA) is 72.9 Å². The summed E-state index contributed by atoms with van der Waals surface area (Å²) < 4.78 is 0. The van der Waals surface area contributed by atoms with Crippen molar-refractivity contribution in [3.05, 3.63) is 0 Å². The second-order valence-electron chi connectivity index (χ2n) is 5.32. The van der Waals surface area contributed by atoms with Crippen molar-refractivity contribution in [2.24, 2.45) is 0 Å². The van der Waals surface area contributed by atoms with Crippen LogP contribution >= 0.6 is 0 Å². The molecule has 2 N–H and O–H groups in total. The van der Waals surface area contributed by atoms with E-state index in [0.29, 0.717) is 19.5 Å². The molecule has 0 radical (unpaired) electrons. The molecule has 0 saturated carbocycles. The summed E-state index contributed by atoms with van der Waals surface area (Å²) in [5.74, 6) is -0.898. The van der Waals surface area contributed by atoms with Gasteiger partial charge in [-0.1, -0.05) is 0 Å². The standard InChI is InChI=1S/C13H23N3O3/c17-12(18)11-5-3-10-16(11)13(19)14-6-4-9-15-7-1-2-8-15/h11H,1-10H2,(H,14,19)(H,17,18). The Morgan fingerprint density at radius 1 is 1.16 bits per heavy atom. The van der Waals surface area contributed by atoms with E-state index in [1.54, 1.807) is 0 Å². The third kappa shape index (κ3) is 3.83. The van der Waals surface area contributed by atoms with Gasteiger partial charge < -0.3 is 20.2 Å². The molecule has 1 unspecified atom stereocenters. The molecule has 1 atom stereocenters. The number of amides is 2. The van der Waals surface area contributed by atoms with Gasteiger partial charge in [-0.25, -0.2) is 9.59 Å². The van der Waals surface area contributed by atoms with Gasteiger partial charge in [0.2, 0.25) is 0 Å². The average molecular weight is 269 g/mol. The quantitative estimate of drug-likeness (QED) is 0.722. The van der Waals surface area contributed by atoms with Crippen molar-refractivity contribution in [3.63, 3.8) is 0 Å². The Hall–Kier alpha value is -1.30. The summed E-state index contributed by atoms with van der Waals surface area (Å²) in [7, 11) is 0. The Labute approximate surface area is 113 Å². The van der Waals surface area contributed by atoms with Crippen molar-refractivity contribution in [1.82, 2.24) is 15.1 Å². The molecule has 2 aliphatic heterocycles. The summed E-state index contributed by atoms with van der Waals surface area (Å²) in [4.78, 5) is 26.7.